The molecule has 5 heteroatoms. The van der Waals surface area contributed by atoms with Gasteiger partial charge in [-0.05, 0) is 62.1 Å². The SMILES string of the molecule is CC1=C(/C=C/C(C)=C/C=C/C(C)=C/C(=O)O)C(C)(CN=[N+]=[N-])CCC1. The lowest BCUT2D eigenvalue weighted by Crippen LogP contribution is -2.26. The molecule has 1 N–H and O–H groups in total. The smallest absolute Gasteiger partial charge is 0.328 e. The molecule has 134 valence electrons. The van der Waals surface area contributed by atoms with Crippen LogP contribution in [0, 0.1) is 5.41 Å². The van der Waals surface area contributed by atoms with Crippen molar-refractivity contribution in [2.75, 3.05) is 6.54 Å². The Balaban J connectivity index is 2.93. The maximum atomic E-state index is 10.6. The van der Waals surface area contributed by atoms with Crippen LogP contribution in [0.4, 0.5) is 0 Å². The Labute approximate surface area is 149 Å². The van der Waals surface area contributed by atoms with Crippen LogP contribution in [0.15, 0.2) is 63.9 Å². The minimum atomic E-state index is -0.943. The zero-order valence-corrected chi connectivity index (χ0v) is 15.5. The summed E-state index contributed by atoms with van der Waals surface area (Å²) >= 11 is 0. The average Bonchev–Trinajstić information content (AvgIpc) is 2.52. The van der Waals surface area contributed by atoms with E-state index in [2.05, 4.69) is 36.0 Å². The molecule has 5 nitrogen and oxygen atoms in total. The lowest BCUT2D eigenvalue weighted by atomic mass is 9.71. The van der Waals surface area contributed by atoms with Crippen LogP contribution < -0.4 is 0 Å². The zero-order chi connectivity index (χ0) is 18.9. The maximum absolute atomic E-state index is 10.6. The Morgan fingerprint density at radius 3 is 2.72 bits per heavy atom. The molecule has 0 aromatic rings. The van der Waals surface area contributed by atoms with Crippen molar-refractivity contribution >= 4 is 5.97 Å². The van der Waals surface area contributed by atoms with E-state index in [0.717, 1.165) is 24.8 Å². The fourth-order valence-electron chi connectivity index (χ4n) is 3.09. The summed E-state index contributed by atoms with van der Waals surface area (Å²) in [6, 6.07) is 0. The van der Waals surface area contributed by atoms with Crippen LogP contribution in [-0.2, 0) is 4.79 Å². The van der Waals surface area contributed by atoms with Crippen LogP contribution in [0.2, 0.25) is 0 Å². The third-order valence-corrected chi connectivity index (χ3v) is 4.46. The Morgan fingerprint density at radius 1 is 1.36 bits per heavy atom. The van der Waals surface area contributed by atoms with Gasteiger partial charge in [-0.25, -0.2) is 4.79 Å². The number of carboxylic acids is 1. The van der Waals surface area contributed by atoms with Gasteiger partial charge in [0.1, 0.15) is 0 Å². The minimum absolute atomic E-state index is 0.109. The Kier molecular flexibility index (Phi) is 7.96. The highest BCUT2D eigenvalue weighted by molar-refractivity contribution is 5.81. The van der Waals surface area contributed by atoms with E-state index in [1.165, 1.54) is 17.2 Å². The Morgan fingerprint density at radius 2 is 2.08 bits per heavy atom. The third-order valence-electron chi connectivity index (χ3n) is 4.46. The van der Waals surface area contributed by atoms with E-state index < -0.39 is 5.97 Å². The van der Waals surface area contributed by atoms with Gasteiger partial charge in [-0.1, -0.05) is 53.6 Å². The second kappa shape index (κ2) is 9.70. The fourth-order valence-corrected chi connectivity index (χ4v) is 3.09. The Hall–Kier alpha value is -2.52. The molecule has 0 amide bonds. The first-order valence-corrected chi connectivity index (χ1v) is 8.44. The third kappa shape index (κ3) is 6.86. The van der Waals surface area contributed by atoms with Crippen LogP contribution in [0.3, 0.4) is 0 Å². The molecule has 0 saturated carbocycles. The number of allylic oxidation sites excluding steroid dienone is 8. The van der Waals surface area contributed by atoms with Gasteiger partial charge in [-0.2, -0.15) is 0 Å². The van der Waals surface area contributed by atoms with Crippen molar-refractivity contribution in [3.05, 3.63) is 69.2 Å². The summed E-state index contributed by atoms with van der Waals surface area (Å²) in [4.78, 5) is 13.5. The molecule has 0 aliphatic heterocycles. The van der Waals surface area contributed by atoms with Crippen molar-refractivity contribution in [3.8, 4) is 0 Å². The predicted octanol–water partition coefficient (Wildman–Crippen LogP) is 5.89. The second-order valence-corrected chi connectivity index (χ2v) is 6.83. The van der Waals surface area contributed by atoms with E-state index in [0.29, 0.717) is 12.1 Å². The van der Waals surface area contributed by atoms with Gasteiger partial charge >= 0.3 is 5.97 Å². The quantitative estimate of drug-likeness (QED) is 0.206. The number of azide groups is 1. The van der Waals surface area contributed by atoms with Gasteiger partial charge < -0.3 is 5.11 Å². The number of hydrogen-bond donors (Lipinski definition) is 1. The van der Waals surface area contributed by atoms with Crippen molar-refractivity contribution in [3.63, 3.8) is 0 Å². The summed E-state index contributed by atoms with van der Waals surface area (Å²) in [6.07, 6.45) is 14.1. The molecule has 0 aromatic carbocycles. The van der Waals surface area contributed by atoms with E-state index >= 15 is 0 Å². The first-order chi connectivity index (χ1) is 11.8. The standard InChI is InChI=1S/C20H27N3O2/c1-15(7-5-8-16(2)13-19(24)25)10-11-18-17(3)9-6-12-20(18,4)14-22-23-21/h5,7-8,10-11,13H,6,9,12,14H2,1-4H3,(H,24,25)/b8-5+,11-10+,15-7+,16-13+. The highest BCUT2D eigenvalue weighted by Crippen LogP contribution is 2.41. The molecule has 0 aromatic heterocycles. The average molecular weight is 341 g/mol. The first kappa shape index (κ1) is 20.5. The van der Waals surface area contributed by atoms with Gasteiger partial charge in [-0.15, -0.1) is 0 Å². The molecule has 1 aliphatic carbocycles. The molecular weight excluding hydrogens is 314 g/mol. The molecule has 0 radical (unpaired) electrons. The summed E-state index contributed by atoms with van der Waals surface area (Å²) in [5.74, 6) is -0.943. The lowest BCUT2D eigenvalue weighted by Gasteiger charge is -2.35. The molecule has 0 fully saturated rings. The molecule has 0 bridgehead atoms. The summed E-state index contributed by atoms with van der Waals surface area (Å²) in [6.45, 7) is 8.53. The number of nitrogens with zero attached hydrogens (tertiary/aromatic N) is 3. The molecule has 0 spiro atoms. The minimum Gasteiger partial charge on any atom is -0.478 e. The number of hydrogen-bond acceptors (Lipinski definition) is 2. The van der Waals surface area contributed by atoms with E-state index in [4.69, 9.17) is 10.6 Å². The number of carbonyl (C=O) groups is 1. The number of aliphatic carboxylic acids is 1. The molecule has 25 heavy (non-hydrogen) atoms. The van der Waals surface area contributed by atoms with Crippen LogP contribution in [-0.4, -0.2) is 17.6 Å². The summed E-state index contributed by atoms with van der Waals surface area (Å²) in [5.41, 5.74) is 12.9. The van der Waals surface area contributed by atoms with Gasteiger partial charge in [0, 0.05) is 17.5 Å². The summed E-state index contributed by atoms with van der Waals surface area (Å²) < 4.78 is 0. The van der Waals surface area contributed by atoms with E-state index in [1.807, 2.05) is 19.1 Å². The molecule has 1 unspecified atom stereocenters. The predicted molar refractivity (Wildman–Crippen MR) is 102 cm³/mol. The van der Waals surface area contributed by atoms with Crippen LogP contribution in [0.5, 0.6) is 0 Å². The van der Waals surface area contributed by atoms with Crippen molar-refractivity contribution in [2.45, 2.75) is 47.0 Å². The first-order valence-electron chi connectivity index (χ1n) is 8.44. The second-order valence-electron chi connectivity index (χ2n) is 6.83. The largest absolute Gasteiger partial charge is 0.478 e. The molecule has 0 saturated heterocycles. The van der Waals surface area contributed by atoms with Crippen molar-refractivity contribution in [2.24, 2.45) is 10.5 Å². The fraction of sp³-hybridized carbons (Fsp3) is 0.450. The monoisotopic (exact) mass is 341 g/mol. The topological polar surface area (TPSA) is 86.1 Å². The Bertz CT molecular complexity index is 704. The molecule has 0 heterocycles. The van der Waals surface area contributed by atoms with E-state index in [9.17, 15) is 4.79 Å². The molecule has 1 rings (SSSR count). The van der Waals surface area contributed by atoms with Crippen molar-refractivity contribution < 1.29 is 9.90 Å². The molecule has 1 atom stereocenters. The normalized spacial score (nSPS) is 22.6. The van der Waals surface area contributed by atoms with Gasteiger partial charge in [0.15, 0.2) is 0 Å². The van der Waals surface area contributed by atoms with Crippen LogP contribution in [0.25, 0.3) is 10.4 Å². The molecule has 1 aliphatic rings. The van der Waals surface area contributed by atoms with Gasteiger partial charge in [0.25, 0.3) is 0 Å². The van der Waals surface area contributed by atoms with Gasteiger partial charge in [0.2, 0.25) is 0 Å². The van der Waals surface area contributed by atoms with Crippen LogP contribution in [0.1, 0.15) is 47.0 Å². The summed E-state index contributed by atoms with van der Waals surface area (Å²) in [7, 11) is 0. The lowest BCUT2D eigenvalue weighted by molar-refractivity contribution is -0.131. The highest BCUT2D eigenvalue weighted by Gasteiger charge is 2.30. The van der Waals surface area contributed by atoms with E-state index in [1.54, 1.807) is 13.0 Å². The highest BCUT2D eigenvalue weighted by atomic mass is 16.4. The molecular formula is C20H27N3O2. The van der Waals surface area contributed by atoms with Gasteiger partial charge in [0.05, 0.1) is 0 Å². The zero-order valence-electron chi connectivity index (χ0n) is 15.5. The maximum Gasteiger partial charge on any atom is 0.328 e. The summed E-state index contributed by atoms with van der Waals surface area (Å²) in [5, 5.41) is 12.5. The van der Waals surface area contributed by atoms with Crippen LogP contribution >= 0.6 is 0 Å². The van der Waals surface area contributed by atoms with Gasteiger partial charge in [-0.3, -0.25) is 0 Å². The van der Waals surface area contributed by atoms with Crippen molar-refractivity contribution in [1.82, 2.24) is 0 Å². The number of carboxylic acid groups (broad SMARTS) is 1. The number of rotatable bonds is 7. The van der Waals surface area contributed by atoms with E-state index in [-0.39, 0.29) is 5.41 Å². The van der Waals surface area contributed by atoms with Crippen molar-refractivity contribution in [1.29, 1.82) is 0 Å².